The third-order valence-electron chi connectivity index (χ3n) is 5.01. The van der Waals surface area contributed by atoms with E-state index in [2.05, 4.69) is 10.1 Å². The van der Waals surface area contributed by atoms with Crippen molar-refractivity contribution >= 4 is 34.8 Å². The molecule has 1 fully saturated rings. The normalized spacial score (nSPS) is 14.3. The largest absolute Gasteiger partial charge is 0.368 e. The number of carbonyl (C=O) groups is 1. The minimum atomic E-state index is -0.392. The van der Waals surface area contributed by atoms with Crippen LogP contribution in [0.5, 0.6) is 0 Å². The summed E-state index contributed by atoms with van der Waals surface area (Å²) in [6.45, 7) is 4.07. The summed E-state index contributed by atoms with van der Waals surface area (Å²) in [6, 6.07) is 11.5. The van der Waals surface area contributed by atoms with Gasteiger partial charge in [0.15, 0.2) is 0 Å². The fraction of sp³-hybridized carbons (Fsp3) is 0.238. The highest BCUT2D eigenvalue weighted by molar-refractivity contribution is 6.42. The fourth-order valence-corrected chi connectivity index (χ4v) is 3.76. The molecule has 0 N–H and O–H groups in total. The highest BCUT2D eigenvalue weighted by atomic mass is 35.5. The molecule has 0 bridgehead atoms. The van der Waals surface area contributed by atoms with E-state index in [1.54, 1.807) is 30.0 Å². The highest BCUT2D eigenvalue weighted by Gasteiger charge is 2.29. The van der Waals surface area contributed by atoms with Gasteiger partial charge in [0.25, 0.3) is 5.91 Å². The molecule has 3 aromatic rings. The zero-order chi connectivity index (χ0) is 20.5. The number of halogens is 3. The lowest BCUT2D eigenvalue weighted by Gasteiger charge is -2.36. The van der Waals surface area contributed by atoms with Crippen molar-refractivity contribution in [1.29, 1.82) is 0 Å². The number of rotatable bonds is 3. The van der Waals surface area contributed by atoms with Crippen molar-refractivity contribution in [2.24, 2.45) is 0 Å². The first-order valence-corrected chi connectivity index (χ1v) is 9.91. The first-order chi connectivity index (χ1) is 13.9. The van der Waals surface area contributed by atoms with E-state index in [4.69, 9.17) is 27.7 Å². The van der Waals surface area contributed by atoms with Gasteiger partial charge < -0.3 is 14.3 Å². The van der Waals surface area contributed by atoms with Gasteiger partial charge in [0, 0.05) is 37.4 Å². The number of nitrogens with zero attached hydrogens (tertiary/aromatic N) is 3. The van der Waals surface area contributed by atoms with Crippen LogP contribution in [-0.4, -0.2) is 42.1 Å². The molecular weight excluding hydrogens is 416 g/mol. The molecular formula is C21H18Cl2FN3O2. The number of benzene rings is 2. The maximum absolute atomic E-state index is 13.6. The van der Waals surface area contributed by atoms with Crippen LogP contribution < -0.4 is 4.90 Å². The standard InChI is InChI=1S/C21H18Cl2FN3O2/c1-13-19(20(25-29-13)14-3-2-4-15(24)11-14)21(28)27-9-7-26(8-10-27)16-5-6-17(22)18(23)12-16/h2-6,11-12H,7-10H2,1H3. The maximum Gasteiger partial charge on any atom is 0.259 e. The van der Waals surface area contributed by atoms with Crippen LogP contribution in [0.4, 0.5) is 10.1 Å². The average Bonchev–Trinajstić information content (AvgIpc) is 3.11. The summed E-state index contributed by atoms with van der Waals surface area (Å²) in [5.74, 6) is -0.144. The molecule has 1 aliphatic rings. The van der Waals surface area contributed by atoms with Gasteiger partial charge >= 0.3 is 0 Å². The van der Waals surface area contributed by atoms with E-state index in [0.29, 0.717) is 58.8 Å². The summed E-state index contributed by atoms with van der Waals surface area (Å²) in [5.41, 5.74) is 2.21. The van der Waals surface area contributed by atoms with E-state index >= 15 is 0 Å². The molecule has 0 saturated carbocycles. The van der Waals surface area contributed by atoms with Crippen LogP contribution in [0.1, 0.15) is 16.1 Å². The van der Waals surface area contributed by atoms with E-state index in [1.165, 1.54) is 12.1 Å². The Morgan fingerprint density at radius 3 is 2.52 bits per heavy atom. The van der Waals surface area contributed by atoms with Gasteiger partial charge in [0.2, 0.25) is 0 Å². The van der Waals surface area contributed by atoms with E-state index < -0.39 is 5.82 Å². The lowest BCUT2D eigenvalue weighted by molar-refractivity contribution is 0.0745. The highest BCUT2D eigenvalue weighted by Crippen LogP contribution is 2.30. The van der Waals surface area contributed by atoms with Gasteiger partial charge in [0.1, 0.15) is 22.8 Å². The number of amides is 1. The lowest BCUT2D eigenvalue weighted by Crippen LogP contribution is -2.49. The van der Waals surface area contributed by atoms with Gasteiger partial charge in [-0.3, -0.25) is 4.79 Å². The number of piperazine rings is 1. The first kappa shape index (κ1) is 19.7. The Labute approximate surface area is 177 Å². The molecule has 1 amide bonds. The quantitative estimate of drug-likeness (QED) is 0.579. The first-order valence-electron chi connectivity index (χ1n) is 9.15. The van der Waals surface area contributed by atoms with Crippen molar-refractivity contribution in [2.45, 2.75) is 6.92 Å². The summed E-state index contributed by atoms with van der Waals surface area (Å²) in [5, 5.41) is 5.01. The van der Waals surface area contributed by atoms with E-state index in [-0.39, 0.29) is 5.91 Å². The molecule has 1 aromatic heterocycles. The van der Waals surface area contributed by atoms with Crippen molar-refractivity contribution in [3.63, 3.8) is 0 Å². The summed E-state index contributed by atoms with van der Waals surface area (Å²) in [7, 11) is 0. The number of aromatic nitrogens is 1. The third-order valence-corrected chi connectivity index (χ3v) is 5.75. The third kappa shape index (κ3) is 3.95. The Kier molecular flexibility index (Phi) is 5.48. The second-order valence-electron chi connectivity index (χ2n) is 6.85. The summed E-state index contributed by atoms with van der Waals surface area (Å²) < 4.78 is 18.9. The SMILES string of the molecule is Cc1onc(-c2cccc(F)c2)c1C(=O)N1CCN(c2ccc(Cl)c(Cl)c2)CC1. The summed E-state index contributed by atoms with van der Waals surface area (Å²) in [4.78, 5) is 17.1. The van der Waals surface area contributed by atoms with Gasteiger partial charge in [-0.15, -0.1) is 0 Å². The second kappa shape index (κ2) is 8.05. The topological polar surface area (TPSA) is 49.6 Å². The second-order valence-corrected chi connectivity index (χ2v) is 7.66. The Balaban J connectivity index is 1.52. The van der Waals surface area contributed by atoms with Crippen molar-refractivity contribution in [3.8, 4) is 11.3 Å². The number of hydrogen-bond donors (Lipinski definition) is 0. The molecule has 0 aliphatic carbocycles. The van der Waals surface area contributed by atoms with Crippen LogP contribution in [0.15, 0.2) is 47.0 Å². The van der Waals surface area contributed by atoms with Crippen LogP contribution in [0.25, 0.3) is 11.3 Å². The average molecular weight is 434 g/mol. The number of aryl methyl sites for hydroxylation is 1. The van der Waals surface area contributed by atoms with Crippen molar-refractivity contribution in [2.75, 3.05) is 31.1 Å². The molecule has 4 rings (SSSR count). The Bertz CT molecular complexity index is 1060. The van der Waals surface area contributed by atoms with Crippen LogP contribution in [0.3, 0.4) is 0 Å². The Morgan fingerprint density at radius 1 is 1.07 bits per heavy atom. The predicted octanol–water partition coefficient (Wildman–Crippen LogP) is 5.06. The van der Waals surface area contributed by atoms with Crippen molar-refractivity contribution in [3.05, 3.63) is 69.7 Å². The molecule has 0 spiro atoms. The minimum Gasteiger partial charge on any atom is -0.368 e. The maximum atomic E-state index is 13.6. The molecule has 150 valence electrons. The van der Waals surface area contributed by atoms with Gasteiger partial charge in [-0.2, -0.15) is 0 Å². The van der Waals surface area contributed by atoms with E-state index in [1.807, 2.05) is 12.1 Å². The molecule has 8 heteroatoms. The van der Waals surface area contributed by atoms with Gasteiger partial charge in [-0.1, -0.05) is 40.5 Å². The fourth-order valence-electron chi connectivity index (χ4n) is 3.46. The minimum absolute atomic E-state index is 0.170. The summed E-state index contributed by atoms with van der Waals surface area (Å²) in [6.07, 6.45) is 0. The van der Waals surface area contributed by atoms with Crippen LogP contribution in [0.2, 0.25) is 10.0 Å². The smallest absolute Gasteiger partial charge is 0.259 e. The molecule has 0 atom stereocenters. The summed E-state index contributed by atoms with van der Waals surface area (Å²) >= 11 is 12.1. The number of hydrogen-bond acceptors (Lipinski definition) is 4. The molecule has 2 heterocycles. The molecule has 0 unspecified atom stereocenters. The van der Waals surface area contributed by atoms with Gasteiger partial charge in [-0.05, 0) is 37.3 Å². The van der Waals surface area contributed by atoms with Gasteiger partial charge in [-0.25, -0.2) is 4.39 Å². The lowest BCUT2D eigenvalue weighted by atomic mass is 10.0. The Morgan fingerprint density at radius 2 is 1.83 bits per heavy atom. The van der Waals surface area contributed by atoms with Crippen molar-refractivity contribution < 1.29 is 13.7 Å². The van der Waals surface area contributed by atoms with Crippen molar-refractivity contribution in [1.82, 2.24) is 10.1 Å². The zero-order valence-electron chi connectivity index (χ0n) is 15.7. The van der Waals surface area contributed by atoms with E-state index in [9.17, 15) is 9.18 Å². The number of anilines is 1. The monoisotopic (exact) mass is 433 g/mol. The van der Waals surface area contributed by atoms with E-state index in [0.717, 1.165) is 5.69 Å². The van der Waals surface area contributed by atoms with Crippen LogP contribution in [0, 0.1) is 12.7 Å². The Hall–Kier alpha value is -2.57. The molecule has 29 heavy (non-hydrogen) atoms. The molecule has 1 saturated heterocycles. The molecule has 5 nitrogen and oxygen atoms in total. The van der Waals surface area contributed by atoms with Gasteiger partial charge in [0.05, 0.1) is 10.0 Å². The molecule has 1 aliphatic heterocycles. The van der Waals surface area contributed by atoms with Crippen LogP contribution in [-0.2, 0) is 0 Å². The van der Waals surface area contributed by atoms with Crippen LogP contribution >= 0.6 is 23.2 Å². The number of carbonyl (C=O) groups excluding carboxylic acids is 1. The predicted molar refractivity (Wildman–Crippen MR) is 111 cm³/mol. The molecule has 2 aromatic carbocycles. The molecule has 0 radical (unpaired) electrons. The zero-order valence-corrected chi connectivity index (χ0v) is 17.2.